The zero-order valence-electron chi connectivity index (χ0n) is 10.2. The molecule has 19 heavy (non-hydrogen) atoms. The number of anilines is 1. The molecule has 1 aromatic carbocycles. The first kappa shape index (κ1) is 13.5. The van der Waals surface area contributed by atoms with E-state index in [0.717, 1.165) is 18.2 Å². The number of aromatic nitrogens is 2. The molecular formula is C11H13FN4O2S. The minimum absolute atomic E-state index is 0.0903. The molecule has 0 aliphatic carbocycles. The van der Waals surface area contributed by atoms with Crippen molar-refractivity contribution in [1.82, 2.24) is 14.5 Å². The molecule has 0 saturated heterocycles. The maximum Gasteiger partial charge on any atom is 0.242 e. The number of hydrogen-bond acceptors (Lipinski definition) is 4. The second-order valence-corrected chi connectivity index (χ2v) is 5.76. The average Bonchev–Trinajstić information content (AvgIpc) is 2.72. The van der Waals surface area contributed by atoms with Gasteiger partial charge in [-0.25, -0.2) is 17.5 Å². The van der Waals surface area contributed by atoms with Gasteiger partial charge >= 0.3 is 0 Å². The van der Waals surface area contributed by atoms with E-state index in [4.69, 9.17) is 5.73 Å². The van der Waals surface area contributed by atoms with Gasteiger partial charge in [0.15, 0.2) is 0 Å². The van der Waals surface area contributed by atoms with Gasteiger partial charge in [0.1, 0.15) is 10.7 Å². The summed E-state index contributed by atoms with van der Waals surface area (Å²) in [5, 5.41) is 3.93. The Morgan fingerprint density at radius 2 is 2.21 bits per heavy atom. The maximum absolute atomic E-state index is 12.9. The van der Waals surface area contributed by atoms with Crippen LogP contribution >= 0.6 is 0 Å². The van der Waals surface area contributed by atoms with E-state index in [0.29, 0.717) is 5.56 Å². The predicted octanol–water partition coefficient (Wildman–Crippen LogP) is 0.620. The van der Waals surface area contributed by atoms with Crippen LogP contribution in [0, 0.1) is 5.82 Å². The summed E-state index contributed by atoms with van der Waals surface area (Å²) in [5.74, 6) is -0.580. The first-order valence-electron chi connectivity index (χ1n) is 5.41. The quantitative estimate of drug-likeness (QED) is 0.805. The van der Waals surface area contributed by atoms with Gasteiger partial charge in [-0.05, 0) is 18.2 Å². The Balaban J connectivity index is 2.18. The van der Waals surface area contributed by atoms with Crippen molar-refractivity contribution in [2.45, 2.75) is 11.4 Å². The number of rotatable bonds is 4. The van der Waals surface area contributed by atoms with Crippen molar-refractivity contribution in [3.8, 4) is 0 Å². The Bertz CT molecular complexity index is 696. The number of aryl methyl sites for hydroxylation is 1. The number of nitrogens with zero attached hydrogens (tertiary/aromatic N) is 2. The lowest BCUT2D eigenvalue weighted by Crippen LogP contribution is -2.24. The van der Waals surface area contributed by atoms with Crippen LogP contribution in [0.25, 0.3) is 0 Å². The first-order valence-corrected chi connectivity index (χ1v) is 6.89. The Labute approximate surface area is 110 Å². The molecule has 2 aromatic rings. The topological polar surface area (TPSA) is 90.0 Å². The monoisotopic (exact) mass is 284 g/mol. The molecule has 0 bridgehead atoms. The van der Waals surface area contributed by atoms with Crippen molar-refractivity contribution >= 4 is 15.7 Å². The van der Waals surface area contributed by atoms with Crippen LogP contribution in [0.4, 0.5) is 10.1 Å². The lowest BCUT2D eigenvalue weighted by molar-refractivity contribution is 0.581. The lowest BCUT2D eigenvalue weighted by atomic mass is 10.3. The van der Waals surface area contributed by atoms with E-state index in [1.807, 2.05) is 0 Å². The minimum Gasteiger partial charge on any atom is -0.398 e. The SMILES string of the molecule is Cn1cc(CNS(=O)(=O)c2ccc(F)cc2N)cn1. The summed E-state index contributed by atoms with van der Waals surface area (Å²) in [6.45, 7) is 0.0903. The lowest BCUT2D eigenvalue weighted by Gasteiger charge is -2.08. The normalized spacial score (nSPS) is 11.7. The Morgan fingerprint density at radius 3 is 2.79 bits per heavy atom. The van der Waals surface area contributed by atoms with Gasteiger partial charge in [0.05, 0.1) is 11.9 Å². The maximum atomic E-state index is 12.9. The molecule has 0 aliphatic rings. The molecule has 0 spiro atoms. The second-order valence-electron chi connectivity index (χ2n) is 4.03. The number of hydrogen-bond donors (Lipinski definition) is 2. The van der Waals surface area contributed by atoms with Gasteiger partial charge in [-0.3, -0.25) is 4.68 Å². The standard InChI is InChI=1S/C11H13FN4O2S/c1-16-7-8(5-14-16)6-15-19(17,18)11-3-2-9(12)4-10(11)13/h2-5,7,15H,6,13H2,1H3. The highest BCUT2D eigenvalue weighted by molar-refractivity contribution is 7.89. The fourth-order valence-electron chi connectivity index (χ4n) is 1.58. The van der Waals surface area contributed by atoms with Gasteiger partial charge in [-0.2, -0.15) is 5.10 Å². The van der Waals surface area contributed by atoms with Crippen LogP contribution in [0.1, 0.15) is 5.56 Å². The van der Waals surface area contributed by atoms with E-state index in [1.165, 1.54) is 0 Å². The zero-order valence-corrected chi connectivity index (χ0v) is 11.0. The van der Waals surface area contributed by atoms with Crippen molar-refractivity contribution in [2.24, 2.45) is 7.05 Å². The molecule has 0 saturated carbocycles. The number of halogens is 1. The average molecular weight is 284 g/mol. The molecule has 1 heterocycles. The molecule has 6 nitrogen and oxygen atoms in total. The van der Waals surface area contributed by atoms with Gasteiger partial charge in [0.25, 0.3) is 0 Å². The van der Waals surface area contributed by atoms with Gasteiger partial charge in [-0.1, -0.05) is 0 Å². The molecule has 0 radical (unpaired) electrons. The third kappa shape index (κ3) is 3.09. The van der Waals surface area contributed by atoms with E-state index in [9.17, 15) is 12.8 Å². The molecule has 8 heteroatoms. The highest BCUT2D eigenvalue weighted by atomic mass is 32.2. The van der Waals surface area contributed by atoms with Crippen molar-refractivity contribution in [3.05, 3.63) is 42.0 Å². The summed E-state index contributed by atoms with van der Waals surface area (Å²) < 4.78 is 40.8. The van der Waals surface area contributed by atoms with E-state index in [-0.39, 0.29) is 17.1 Å². The van der Waals surface area contributed by atoms with Crippen LogP contribution in [0.3, 0.4) is 0 Å². The Hall–Kier alpha value is -1.93. The smallest absolute Gasteiger partial charge is 0.242 e. The molecule has 2 rings (SSSR count). The molecule has 0 unspecified atom stereocenters. The summed E-state index contributed by atoms with van der Waals surface area (Å²) in [7, 11) is -2.04. The van der Waals surface area contributed by atoms with Crippen molar-refractivity contribution in [1.29, 1.82) is 0 Å². The second kappa shape index (κ2) is 4.98. The highest BCUT2D eigenvalue weighted by Crippen LogP contribution is 2.19. The summed E-state index contributed by atoms with van der Waals surface area (Å²) >= 11 is 0. The minimum atomic E-state index is -3.78. The Morgan fingerprint density at radius 1 is 1.47 bits per heavy atom. The number of sulfonamides is 1. The van der Waals surface area contributed by atoms with E-state index in [1.54, 1.807) is 24.1 Å². The summed E-state index contributed by atoms with van der Waals surface area (Å²) in [6.07, 6.45) is 3.24. The molecule has 0 atom stereocenters. The summed E-state index contributed by atoms with van der Waals surface area (Å²) in [4.78, 5) is -0.141. The predicted molar refractivity (Wildman–Crippen MR) is 68.0 cm³/mol. The van der Waals surface area contributed by atoms with Gasteiger partial charge < -0.3 is 5.73 Å². The molecule has 0 fully saturated rings. The van der Waals surface area contributed by atoms with Crippen LogP contribution in [-0.2, 0) is 23.6 Å². The number of nitrogen functional groups attached to an aromatic ring is 1. The molecule has 3 N–H and O–H groups in total. The molecular weight excluding hydrogens is 271 g/mol. The largest absolute Gasteiger partial charge is 0.398 e. The Kier molecular flexibility index (Phi) is 3.54. The highest BCUT2D eigenvalue weighted by Gasteiger charge is 2.17. The zero-order chi connectivity index (χ0) is 14.0. The van der Waals surface area contributed by atoms with Crippen LogP contribution in [-0.4, -0.2) is 18.2 Å². The fourth-order valence-corrected chi connectivity index (χ4v) is 2.71. The van der Waals surface area contributed by atoms with Gasteiger partial charge in [0.2, 0.25) is 10.0 Å². The van der Waals surface area contributed by atoms with Gasteiger partial charge in [0, 0.05) is 25.4 Å². The van der Waals surface area contributed by atoms with Crippen LogP contribution < -0.4 is 10.5 Å². The molecule has 1 aromatic heterocycles. The van der Waals surface area contributed by atoms with Gasteiger partial charge in [-0.15, -0.1) is 0 Å². The number of nitrogens with one attached hydrogen (secondary N) is 1. The first-order chi connectivity index (χ1) is 8.88. The fraction of sp³-hybridized carbons (Fsp3) is 0.182. The van der Waals surface area contributed by atoms with E-state index < -0.39 is 15.8 Å². The van der Waals surface area contributed by atoms with Crippen LogP contribution in [0.5, 0.6) is 0 Å². The van der Waals surface area contributed by atoms with E-state index in [2.05, 4.69) is 9.82 Å². The van der Waals surface area contributed by atoms with Crippen molar-refractivity contribution < 1.29 is 12.8 Å². The van der Waals surface area contributed by atoms with Crippen molar-refractivity contribution in [3.63, 3.8) is 0 Å². The van der Waals surface area contributed by atoms with Crippen molar-refractivity contribution in [2.75, 3.05) is 5.73 Å². The molecule has 102 valence electrons. The van der Waals surface area contributed by atoms with Crippen LogP contribution in [0.2, 0.25) is 0 Å². The van der Waals surface area contributed by atoms with Crippen LogP contribution in [0.15, 0.2) is 35.5 Å². The number of nitrogens with two attached hydrogens (primary N) is 1. The number of benzene rings is 1. The molecule has 0 aliphatic heterocycles. The molecule has 0 amide bonds. The third-order valence-electron chi connectivity index (χ3n) is 2.49. The third-order valence-corrected chi connectivity index (χ3v) is 3.96. The summed E-state index contributed by atoms with van der Waals surface area (Å²) in [6, 6.07) is 3.16. The van der Waals surface area contributed by atoms with E-state index >= 15 is 0 Å². The summed E-state index contributed by atoms with van der Waals surface area (Å²) in [5.41, 5.74) is 6.09.